The van der Waals surface area contributed by atoms with Crippen molar-refractivity contribution in [1.82, 2.24) is 9.80 Å². The molecule has 0 unspecified atom stereocenters. The number of benzene rings is 2. The minimum Gasteiger partial charge on any atom is -0.339 e. The van der Waals surface area contributed by atoms with Crippen LogP contribution in [0.5, 0.6) is 0 Å². The third-order valence-electron chi connectivity index (χ3n) is 4.84. The maximum absolute atomic E-state index is 13.5. The second-order valence-electron chi connectivity index (χ2n) is 7.01. The quantitative estimate of drug-likeness (QED) is 0.714. The average Bonchev–Trinajstić information content (AvgIpc) is 2.69. The molecule has 0 saturated carbocycles. The molecular formula is C20H23F2N3O3S. The fraction of sp³-hybridized carbons (Fsp3) is 0.350. The molecule has 2 aromatic rings. The van der Waals surface area contributed by atoms with E-state index in [9.17, 15) is 22.0 Å². The Morgan fingerprint density at radius 1 is 1.00 bits per heavy atom. The molecule has 2 aromatic carbocycles. The van der Waals surface area contributed by atoms with E-state index in [4.69, 9.17) is 0 Å². The van der Waals surface area contributed by atoms with Gasteiger partial charge in [-0.3, -0.25) is 14.0 Å². The highest BCUT2D eigenvalue weighted by molar-refractivity contribution is 7.92. The van der Waals surface area contributed by atoms with Crippen molar-refractivity contribution in [3.63, 3.8) is 0 Å². The van der Waals surface area contributed by atoms with E-state index < -0.39 is 28.2 Å². The summed E-state index contributed by atoms with van der Waals surface area (Å²) in [6, 6.07) is 12.8. The van der Waals surface area contributed by atoms with Gasteiger partial charge in [0.15, 0.2) is 11.6 Å². The maximum atomic E-state index is 13.5. The standard InChI is InChI=1S/C20H23F2N3O3S/c1-29(27,28)25(17-7-8-18(21)19(22)13-17)15-20(26)24-11-9-23(10-12-24)14-16-5-3-2-4-6-16/h2-8,13H,9-12,14-15H2,1H3. The first-order valence-electron chi connectivity index (χ1n) is 9.21. The lowest BCUT2D eigenvalue weighted by atomic mass is 10.2. The van der Waals surface area contributed by atoms with Crippen LogP contribution in [0.4, 0.5) is 14.5 Å². The number of sulfonamides is 1. The van der Waals surface area contributed by atoms with E-state index in [2.05, 4.69) is 4.90 Å². The monoisotopic (exact) mass is 423 g/mol. The van der Waals surface area contributed by atoms with Gasteiger partial charge in [-0.15, -0.1) is 0 Å². The van der Waals surface area contributed by atoms with Crippen LogP contribution < -0.4 is 4.31 Å². The van der Waals surface area contributed by atoms with Crippen LogP contribution >= 0.6 is 0 Å². The van der Waals surface area contributed by atoms with Gasteiger partial charge in [-0.1, -0.05) is 30.3 Å². The number of amides is 1. The Kier molecular flexibility index (Phi) is 6.49. The van der Waals surface area contributed by atoms with E-state index in [1.165, 1.54) is 5.56 Å². The lowest BCUT2D eigenvalue weighted by Crippen LogP contribution is -2.51. The number of rotatable bonds is 6. The molecule has 0 atom stereocenters. The second kappa shape index (κ2) is 8.87. The van der Waals surface area contributed by atoms with E-state index in [0.717, 1.165) is 35.3 Å². The van der Waals surface area contributed by atoms with Gasteiger partial charge in [-0.05, 0) is 17.7 Å². The molecule has 29 heavy (non-hydrogen) atoms. The third-order valence-corrected chi connectivity index (χ3v) is 5.98. The highest BCUT2D eigenvalue weighted by Gasteiger charge is 2.27. The van der Waals surface area contributed by atoms with Crippen molar-refractivity contribution in [3.05, 3.63) is 65.7 Å². The second-order valence-corrected chi connectivity index (χ2v) is 8.92. The molecule has 156 valence electrons. The number of nitrogens with zero attached hydrogens (tertiary/aromatic N) is 3. The third kappa shape index (κ3) is 5.51. The van der Waals surface area contributed by atoms with Crippen LogP contribution in [0.1, 0.15) is 5.56 Å². The van der Waals surface area contributed by atoms with Crippen LogP contribution in [0.2, 0.25) is 0 Å². The van der Waals surface area contributed by atoms with Crippen molar-refractivity contribution in [2.45, 2.75) is 6.54 Å². The Bertz CT molecular complexity index is 962. The molecule has 1 amide bonds. The number of hydrogen-bond acceptors (Lipinski definition) is 4. The molecule has 1 fully saturated rings. The first-order valence-corrected chi connectivity index (χ1v) is 11.1. The van der Waals surface area contributed by atoms with Gasteiger partial charge < -0.3 is 4.90 Å². The van der Waals surface area contributed by atoms with Crippen molar-refractivity contribution in [2.24, 2.45) is 0 Å². The number of hydrogen-bond donors (Lipinski definition) is 0. The van der Waals surface area contributed by atoms with E-state index in [0.29, 0.717) is 26.2 Å². The van der Waals surface area contributed by atoms with Crippen molar-refractivity contribution < 1.29 is 22.0 Å². The lowest BCUT2D eigenvalue weighted by Gasteiger charge is -2.35. The molecule has 0 bridgehead atoms. The zero-order valence-electron chi connectivity index (χ0n) is 16.1. The summed E-state index contributed by atoms with van der Waals surface area (Å²) in [4.78, 5) is 16.5. The minimum absolute atomic E-state index is 0.0811. The number of anilines is 1. The van der Waals surface area contributed by atoms with Gasteiger partial charge in [-0.25, -0.2) is 17.2 Å². The van der Waals surface area contributed by atoms with Gasteiger partial charge in [-0.2, -0.15) is 0 Å². The summed E-state index contributed by atoms with van der Waals surface area (Å²) in [6.45, 7) is 2.62. The van der Waals surface area contributed by atoms with Gasteiger partial charge in [0.2, 0.25) is 15.9 Å². The van der Waals surface area contributed by atoms with Crippen molar-refractivity contribution >= 4 is 21.6 Å². The molecule has 1 saturated heterocycles. The van der Waals surface area contributed by atoms with Crippen LogP contribution in [0.25, 0.3) is 0 Å². The van der Waals surface area contributed by atoms with E-state index >= 15 is 0 Å². The van der Waals surface area contributed by atoms with E-state index in [1.54, 1.807) is 4.90 Å². The smallest absolute Gasteiger partial charge is 0.243 e. The zero-order chi connectivity index (χ0) is 21.0. The van der Waals surface area contributed by atoms with E-state index in [-0.39, 0.29) is 11.6 Å². The first kappa shape index (κ1) is 21.2. The van der Waals surface area contributed by atoms with E-state index in [1.807, 2.05) is 30.3 Å². The number of piperazine rings is 1. The predicted octanol–water partition coefficient (Wildman–Crippen LogP) is 2.08. The number of carbonyl (C=O) groups is 1. The molecule has 1 heterocycles. The van der Waals surface area contributed by atoms with Crippen molar-refractivity contribution in [3.8, 4) is 0 Å². The van der Waals surface area contributed by atoms with Gasteiger partial charge in [0.1, 0.15) is 6.54 Å². The molecule has 1 aliphatic heterocycles. The Morgan fingerprint density at radius 3 is 2.24 bits per heavy atom. The Labute approximate surface area is 169 Å². The molecule has 0 spiro atoms. The normalized spacial score (nSPS) is 15.3. The minimum atomic E-state index is -3.85. The highest BCUT2D eigenvalue weighted by Crippen LogP contribution is 2.21. The molecular weight excluding hydrogens is 400 g/mol. The summed E-state index contributed by atoms with van der Waals surface area (Å²) < 4.78 is 51.8. The van der Waals surface area contributed by atoms with Crippen LogP contribution in [0.3, 0.4) is 0 Å². The molecule has 0 N–H and O–H groups in total. The summed E-state index contributed by atoms with van der Waals surface area (Å²) in [7, 11) is -3.85. The van der Waals surface area contributed by atoms with Crippen molar-refractivity contribution in [1.29, 1.82) is 0 Å². The number of carbonyl (C=O) groups excluding carboxylic acids is 1. The van der Waals surface area contributed by atoms with Gasteiger partial charge in [0.05, 0.1) is 11.9 Å². The Balaban J connectivity index is 1.62. The number of halogens is 2. The summed E-state index contributed by atoms with van der Waals surface area (Å²) in [5.74, 6) is -2.62. The summed E-state index contributed by atoms with van der Waals surface area (Å²) in [5.41, 5.74) is 1.11. The molecule has 0 aliphatic carbocycles. The topological polar surface area (TPSA) is 60.9 Å². The SMILES string of the molecule is CS(=O)(=O)N(CC(=O)N1CCN(Cc2ccccc2)CC1)c1ccc(F)c(F)c1. The molecule has 9 heteroatoms. The average molecular weight is 423 g/mol. The molecule has 0 aromatic heterocycles. The Morgan fingerprint density at radius 2 is 1.66 bits per heavy atom. The zero-order valence-corrected chi connectivity index (χ0v) is 16.9. The fourth-order valence-corrected chi connectivity index (χ4v) is 4.10. The Hall–Kier alpha value is -2.52. The summed E-state index contributed by atoms with van der Waals surface area (Å²) >= 11 is 0. The summed E-state index contributed by atoms with van der Waals surface area (Å²) in [6.07, 6.45) is 0.930. The maximum Gasteiger partial charge on any atom is 0.243 e. The molecule has 3 rings (SSSR count). The van der Waals surface area contributed by atoms with Gasteiger partial charge in [0, 0.05) is 38.8 Å². The largest absolute Gasteiger partial charge is 0.339 e. The fourth-order valence-electron chi connectivity index (χ4n) is 3.26. The first-order chi connectivity index (χ1) is 13.7. The van der Waals surface area contributed by atoms with Crippen LogP contribution in [-0.4, -0.2) is 63.1 Å². The predicted molar refractivity (Wildman–Crippen MR) is 107 cm³/mol. The van der Waals surface area contributed by atoms with Gasteiger partial charge >= 0.3 is 0 Å². The lowest BCUT2D eigenvalue weighted by molar-refractivity contribution is -0.131. The van der Waals surface area contributed by atoms with Crippen LogP contribution in [-0.2, 0) is 21.4 Å². The molecule has 6 nitrogen and oxygen atoms in total. The molecule has 0 radical (unpaired) electrons. The molecule has 1 aliphatic rings. The highest BCUT2D eigenvalue weighted by atomic mass is 32.2. The van der Waals surface area contributed by atoms with Crippen molar-refractivity contribution in [2.75, 3.05) is 43.3 Å². The summed E-state index contributed by atoms with van der Waals surface area (Å²) in [5, 5.41) is 0. The van der Waals surface area contributed by atoms with Crippen LogP contribution in [0, 0.1) is 11.6 Å². The van der Waals surface area contributed by atoms with Gasteiger partial charge in [0.25, 0.3) is 0 Å². The van der Waals surface area contributed by atoms with Crippen LogP contribution in [0.15, 0.2) is 48.5 Å².